The second-order valence-electron chi connectivity index (χ2n) is 11.5. The third kappa shape index (κ3) is 13.9. The highest BCUT2D eigenvalue weighted by molar-refractivity contribution is 7.87. The molecule has 0 heterocycles. The van der Waals surface area contributed by atoms with E-state index in [0.29, 0.717) is 17.4 Å². The summed E-state index contributed by atoms with van der Waals surface area (Å²) in [7, 11) is -7.70. The van der Waals surface area contributed by atoms with Crippen molar-refractivity contribution in [3.05, 3.63) is 83.4 Å². The molecule has 0 fully saturated rings. The van der Waals surface area contributed by atoms with Gasteiger partial charge in [-0.25, -0.2) is 0 Å². The molecule has 0 bridgehead atoms. The van der Waals surface area contributed by atoms with Gasteiger partial charge in [0.05, 0.1) is 49.4 Å². The number of benzene rings is 3. The molecule has 0 saturated heterocycles. The van der Waals surface area contributed by atoms with Gasteiger partial charge in [0, 0.05) is 0 Å². The molecule has 0 aliphatic rings. The summed E-state index contributed by atoms with van der Waals surface area (Å²) in [4.78, 5) is 0.210. The molecule has 48 heavy (non-hydrogen) atoms. The smallest absolute Gasteiger partial charge is 0.297 e. The number of aryl methyl sites for hydroxylation is 2. The Bertz CT molecular complexity index is 1570. The van der Waals surface area contributed by atoms with E-state index in [-0.39, 0.29) is 62.6 Å². The van der Waals surface area contributed by atoms with Gasteiger partial charge in [-0.3, -0.25) is 8.37 Å². The Morgan fingerprint density at radius 3 is 1.54 bits per heavy atom. The van der Waals surface area contributed by atoms with Crippen LogP contribution in [0.4, 0.5) is 0 Å². The third-order valence-corrected chi connectivity index (χ3v) is 10.3. The largest absolute Gasteiger partial charge is 0.487 e. The van der Waals surface area contributed by atoms with Gasteiger partial charge in [-0.1, -0.05) is 81.0 Å². The van der Waals surface area contributed by atoms with E-state index >= 15 is 0 Å². The molecule has 1 atom stereocenters. The van der Waals surface area contributed by atoms with E-state index in [9.17, 15) is 16.8 Å². The highest BCUT2D eigenvalue weighted by Gasteiger charge is 2.16. The number of hydrogen-bond donors (Lipinski definition) is 0. The maximum Gasteiger partial charge on any atom is 0.297 e. The van der Waals surface area contributed by atoms with Gasteiger partial charge in [0.25, 0.3) is 20.2 Å². The summed E-state index contributed by atoms with van der Waals surface area (Å²) in [5.41, 5.74) is 3.07. The molecule has 0 aliphatic carbocycles. The zero-order valence-corrected chi connectivity index (χ0v) is 30.2. The van der Waals surface area contributed by atoms with Crippen molar-refractivity contribution in [3.8, 4) is 11.5 Å². The minimum Gasteiger partial charge on any atom is -0.487 e. The molecule has 10 nitrogen and oxygen atoms in total. The fourth-order valence-electron chi connectivity index (χ4n) is 4.76. The average molecular weight is 707 g/mol. The quantitative estimate of drug-likeness (QED) is 0.0738. The Hall–Kier alpha value is -3.00. The molecule has 0 spiro atoms. The molecule has 0 amide bonds. The van der Waals surface area contributed by atoms with Crippen LogP contribution in [0.2, 0.25) is 0 Å². The molecule has 0 aromatic heterocycles. The number of rotatable bonds is 24. The van der Waals surface area contributed by atoms with Crippen molar-refractivity contribution in [2.24, 2.45) is 5.92 Å². The lowest BCUT2D eigenvalue weighted by Crippen LogP contribution is -2.15. The second-order valence-corrected chi connectivity index (χ2v) is 14.7. The molecule has 3 rings (SSSR count). The van der Waals surface area contributed by atoms with Crippen molar-refractivity contribution in [2.75, 3.05) is 52.9 Å². The van der Waals surface area contributed by atoms with Crippen molar-refractivity contribution in [1.82, 2.24) is 0 Å². The van der Waals surface area contributed by atoms with Crippen LogP contribution in [0.3, 0.4) is 0 Å². The number of hydrogen-bond acceptors (Lipinski definition) is 10. The summed E-state index contributed by atoms with van der Waals surface area (Å²) >= 11 is 0. The van der Waals surface area contributed by atoms with Crippen molar-refractivity contribution in [3.63, 3.8) is 0 Å². The zero-order chi connectivity index (χ0) is 34.8. The van der Waals surface area contributed by atoms with Crippen LogP contribution in [-0.4, -0.2) is 69.7 Å². The second kappa shape index (κ2) is 20.5. The van der Waals surface area contributed by atoms with Crippen LogP contribution in [0.25, 0.3) is 0 Å². The van der Waals surface area contributed by atoms with Crippen molar-refractivity contribution < 1.29 is 44.1 Å². The Morgan fingerprint density at radius 2 is 1.06 bits per heavy atom. The van der Waals surface area contributed by atoms with Gasteiger partial charge in [0.15, 0.2) is 11.5 Å². The highest BCUT2D eigenvalue weighted by atomic mass is 32.2. The molecule has 266 valence electrons. The predicted octanol–water partition coefficient (Wildman–Crippen LogP) is 6.66. The van der Waals surface area contributed by atoms with E-state index in [1.54, 1.807) is 24.3 Å². The maximum atomic E-state index is 12.3. The molecule has 0 radical (unpaired) electrons. The van der Waals surface area contributed by atoms with Crippen LogP contribution < -0.4 is 9.47 Å². The summed E-state index contributed by atoms with van der Waals surface area (Å²) in [5, 5.41) is 0. The monoisotopic (exact) mass is 706 g/mol. The first-order valence-corrected chi connectivity index (χ1v) is 19.3. The van der Waals surface area contributed by atoms with Crippen LogP contribution in [0.15, 0.2) is 76.5 Å². The van der Waals surface area contributed by atoms with Gasteiger partial charge >= 0.3 is 0 Å². The maximum absolute atomic E-state index is 12.3. The Morgan fingerprint density at radius 1 is 0.583 bits per heavy atom. The van der Waals surface area contributed by atoms with E-state index in [4.69, 9.17) is 27.3 Å². The van der Waals surface area contributed by atoms with E-state index in [2.05, 4.69) is 13.8 Å². The van der Waals surface area contributed by atoms with E-state index in [1.165, 1.54) is 37.1 Å². The molecule has 3 aromatic carbocycles. The zero-order valence-electron chi connectivity index (χ0n) is 28.5. The average Bonchev–Trinajstić information content (AvgIpc) is 3.06. The van der Waals surface area contributed by atoms with E-state index in [0.717, 1.165) is 36.0 Å². The van der Waals surface area contributed by atoms with Crippen molar-refractivity contribution in [2.45, 2.75) is 69.6 Å². The highest BCUT2D eigenvalue weighted by Crippen LogP contribution is 2.30. The van der Waals surface area contributed by atoms with Gasteiger partial charge in [-0.2, -0.15) is 16.8 Å². The molecule has 1 unspecified atom stereocenters. The lowest BCUT2D eigenvalue weighted by atomic mass is 9.92. The van der Waals surface area contributed by atoms with Crippen molar-refractivity contribution in [1.29, 1.82) is 0 Å². The first-order valence-electron chi connectivity index (χ1n) is 16.5. The number of ether oxygens (including phenoxy) is 4. The molecule has 3 aromatic rings. The molecule has 0 N–H and O–H groups in total. The van der Waals surface area contributed by atoms with Gasteiger partial charge in [0.2, 0.25) is 0 Å². The van der Waals surface area contributed by atoms with Crippen LogP contribution in [0, 0.1) is 19.8 Å². The van der Waals surface area contributed by atoms with Crippen LogP contribution in [0.5, 0.6) is 11.5 Å². The van der Waals surface area contributed by atoms with Gasteiger partial charge < -0.3 is 18.9 Å². The van der Waals surface area contributed by atoms with E-state index < -0.39 is 20.2 Å². The molecular formula is C36H50O10S2. The standard InChI is InChI=1S/C36H50O10S2/c1-5-7-8-31(6-2)27-32-13-18-35(43-23-19-41-21-25-45-47(37,38)33-14-9-29(3)10-15-33)36(28-32)44-24-20-42-22-26-46-48(39,40)34-16-11-30(4)12-17-34/h9-18,28,31H,5-8,19-27H2,1-4H3. The van der Waals surface area contributed by atoms with Gasteiger partial charge in [0.1, 0.15) is 13.2 Å². The molecule has 0 saturated carbocycles. The summed E-state index contributed by atoms with van der Waals surface area (Å²) in [6, 6.07) is 18.8. The summed E-state index contributed by atoms with van der Waals surface area (Å²) in [6.45, 7) is 9.01. The molecular weight excluding hydrogens is 657 g/mol. The minimum absolute atomic E-state index is 0.0836. The summed E-state index contributed by atoms with van der Waals surface area (Å²) in [6.07, 6.45) is 5.56. The SMILES string of the molecule is CCCCC(CC)Cc1ccc(OCCOCCOS(=O)(=O)c2ccc(C)cc2)c(OCCOCCOS(=O)(=O)c2ccc(C)cc2)c1. The molecule has 12 heteroatoms. The summed E-state index contributed by atoms with van der Waals surface area (Å²) < 4.78 is 82.6. The third-order valence-electron chi connectivity index (χ3n) is 7.60. The predicted molar refractivity (Wildman–Crippen MR) is 185 cm³/mol. The van der Waals surface area contributed by atoms with Crippen LogP contribution in [-0.2, 0) is 44.5 Å². The Balaban J connectivity index is 1.46. The molecule has 0 aliphatic heterocycles. The minimum atomic E-state index is -3.85. The fourth-order valence-corrected chi connectivity index (χ4v) is 6.55. The fraction of sp³-hybridized carbons (Fsp3) is 0.500. The Labute approximate surface area is 286 Å². The topological polar surface area (TPSA) is 124 Å². The van der Waals surface area contributed by atoms with Gasteiger partial charge in [-0.15, -0.1) is 0 Å². The number of unbranched alkanes of at least 4 members (excludes halogenated alkanes) is 1. The lowest BCUT2D eigenvalue weighted by molar-refractivity contribution is 0.0712. The van der Waals surface area contributed by atoms with Crippen LogP contribution in [0.1, 0.15) is 56.2 Å². The summed E-state index contributed by atoms with van der Waals surface area (Å²) in [5.74, 6) is 1.70. The lowest BCUT2D eigenvalue weighted by Gasteiger charge is -2.18. The first-order chi connectivity index (χ1) is 23.0. The van der Waals surface area contributed by atoms with Gasteiger partial charge in [-0.05, 0) is 68.1 Å². The van der Waals surface area contributed by atoms with Crippen LogP contribution >= 0.6 is 0 Å². The normalized spacial score (nSPS) is 12.6. The van der Waals surface area contributed by atoms with E-state index in [1.807, 2.05) is 32.0 Å². The first kappa shape index (κ1) is 39.4. The van der Waals surface area contributed by atoms with Crippen molar-refractivity contribution >= 4 is 20.2 Å². The Kier molecular flexibility index (Phi) is 16.8.